The van der Waals surface area contributed by atoms with Crippen LogP contribution in [0.5, 0.6) is 0 Å². The van der Waals surface area contributed by atoms with Crippen LogP contribution in [-0.2, 0) is 9.22 Å². The summed E-state index contributed by atoms with van der Waals surface area (Å²) in [5.41, 5.74) is 0.169. The van der Waals surface area contributed by atoms with Gasteiger partial charge in [-0.25, -0.2) is 0 Å². The summed E-state index contributed by atoms with van der Waals surface area (Å²) >= 11 is 1.86. The lowest BCUT2D eigenvalue weighted by Crippen LogP contribution is -2.59. The smallest absolute Gasteiger partial charge is 0.193 e. The van der Waals surface area contributed by atoms with Crippen LogP contribution in [0.3, 0.4) is 0 Å². The van der Waals surface area contributed by atoms with Crippen LogP contribution >= 0.6 is 11.8 Å². The Labute approximate surface area is 152 Å². The quantitative estimate of drug-likeness (QED) is 0.721. The summed E-state index contributed by atoms with van der Waals surface area (Å²) in [7, 11) is -2.17. The molecule has 3 nitrogen and oxygen atoms in total. The molecule has 1 N–H and O–H groups in total. The molecule has 1 fully saturated rings. The lowest BCUT2D eigenvalue weighted by atomic mass is 9.84. The van der Waals surface area contributed by atoms with Gasteiger partial charge in [-0.1, -0.05) is 46.1 Å². The second-order valence-corrected chi connectivity index (χ2v) is 14.7. The van der Waals surface area contributed by atoms with Gasteiger partial charge in [-0.2, -0.15) is 11.8 Å². The van der Waals surface area contributed by atoms with Crippen molar-refractivity contribution in [3.8, 4) is 0 Å². The Morgan fingerprint density at radius 3 is 2.67 bits per heavy atom. The molecule has 138 valence electrons. The molecule has 1 aliphatic carbocycles. The molecule has 1 saturated heterocycles. The Kier molecular flexibility index (Phi) is 6.11. The molecular weight excluding hydrogens is 336 g/mol. The zero-order chi connectivity index (χ0) is 18.2. The number of ketones is 1. The van der Waals surface area contributed by atoms with Crippen molar-refractivity contribution in [3.63, 3.8) is 0 Å². The molecule has 0 spiro atoms. The zero-order valence-electron chi connectivity index (χ0n) is 16.1. The summed E-state index contributed by atoms with van der Waals surface area (Å²) in [6, 6.07) is 0. The van der Waals surface area contributed by atoms with Crippen molar-refractivity contribution in [2.45, 2.75) is 83.2 Å². The second kappa shape index (κ2) is 7.26. The minimum absolute atomic E-state index is 0.00766. The van der Waals surface area contributed by atoms with E-state index in [0.717, 1.165) is 24.3 Å². The van der Waals surface area contributed by atoms with Gasteiger partial charge in [0.05, 0.1) is 6.10 Å². The Hall–Kier alpha value is -0.103. The fourth-order valence-electron chi connectivity index (χ4n) is 3.34. The summed E-state index contributed by atoms with van der Waals surface area (Å²) in [5.74, 6) is 2.28. The highest BCUT2D eigenvalue weighted by molar-refractivity contribution is 7.99. The van der Waals surface area contributed by atoms with Crippen LogP contribution < -0.4 is 0 Å². The van der Waals surface area contributed by atoms with E-state index in [1.54, 1.807) is 0 Å². The van der Waals surface area contributed by atoms with Crippen molar-refractivity contribution < 1.29 is 14.3 Å². The van der Waals surface area contributed by atoms with E-state index in [1.165, 1.54) is 5.57 Å². The molecule has 5 heteroatoms. The van der Waals surface area contributed by atoms with E-state index in [1.807, 2.05) is 17.8 Å². The minimum atomic E-state index is -2.17. The molecule has 1 heterocycles. The number of fused-ring (bicyclic) bond motifs is 1. The lowest BCUT2D eigenvalue weighted by molar-refractivity contribution is -0.144. The van der Waals surface area contributed by atoms with Crippen LogP contribution in [0, 0.1) is 5.92 Å². The number of carbonyl (C=O) groups is 1. The fourth-order valence-corrected chi connectivity index (χ4v) is 6.21. The van der Waals surface area contributed by atoms with Crippen molar-refractivity contribution in [2.24, 2.45) is 5.92 Å². The molecule has 2 rings (SSSR count). The van der Waals surface area contributed by atoms with E-state index < -0.39 is 20.0 Å². The average molecular weight is 371 g/mol. The predicted octanol–water partition coefficient (Wildman–Crippen LogP) is 4.56. The molecule has 2 aliphatic rings. The minimum Gasteiger partial charge on any atom is -0.402 e. The van der Waals surface area contributed by atoms with Crippen molar-refractivity contribution in [1.29, 1.82) is 0 Å². The molecule has 0 saturated carbocycles. The van der Waals surface area contributed by atoms with Gasteiger partial charge < -0.3 is 9.53 Å². The normalized spacial score (nSPS) is 31.6. The van der Waals surface area contributed by atoms with E-state index in [0.29, 0.717) is 18.8 Å². The van der Waals surface area contributed by atoms with Crippen LogP contribution in [0.15, 0.2) is 11.6 Å². The highest BCUT2D eigenvalue weighted by Gasteiger charge is 2.53. The molecule has 3 atom stereocenters. The SMILES string of the molecule is CCCC[C@]1(O[Si](C)(C)C(C)(C)C)C(=O)C=C2CSC[C@@H]2C[C@@H]1O. The third kappa shape index (κ3) is 3.84. The highest BCUT2D eigenvalue weighted by Crippen LogP contribution is 2.45. The standard InChI is InChI=1S/C19H34O3SSi/c1-7-8-9-19(22-24(5,6)18(2,3)4)16(20)10-14-12-23-13-15(14)11-17(19)21/h10,15,17,21H,7-9,11-13H2,1-6H3/t15-,17-,19-/m0/s1. The first kappa shape index (κ1) is 20.2. The predicted molar refractivity (Wildman–Crippen MR) is 105 cm³/mol. The average Bonchev–Trinajstić information content (AvgIpc) is 2.85. The molecule has 0 aromatic carbocycles. The largest absolute Gasteiger partial charge is 0.402 e. The zero-order valence-corrected chi connectivity index (χ0v) is 18.0. The van der Waals surface area contributed by atoms with Crippen LogP contribution in [0.1, 0.15) is 53.4 Å². The molecule has 0 unspecified atom stereocenters. The number of rotatable bonds is 5. The van der Waals surface area contributed by atoms with Crippen LogP contribution in [-0.4, -0.2) is 42.4 Å². The molecular formula is C19H34O3SSi. The first-order valence-electron chi connectivity index (χ1n) is 9.24. The van der Waals surface area contributed by atoms with E-state index in [4.69, 9.17) is 4.43 Å². The van der Waals surface area contributed by atoms with Gasteiger partial charge >= 0.3 is 0 Å². The Morgan fingerprint density at radius 1 is 1.42 bits per heavy atom. The Balaban J connectivity index is 2.42. The molecule has 0 amide bonds. The van der Waals surface area contributed by atoms with E-state index >= 15 is 0 Å². The van der Waals surface area contributed by atoms with Crippen molar-refractivity contribution in [1.82, 2.24) is 0 Å². The first-order chi connectivity index (χ1) is 11.0. The van der Waals surface area contributed by atoms with Crippen LogP contribution in [0.25, 0.3) is 0 Å². The molecule has 24 heavy (non-hydrogen) atoms. The van der Waals surface area contributed by atoms with Gasteiger partial charge in [-0.15, -0.1) is 0 Å². The van der Waals surface area contributed by atoms with Gasteiger partial charge in [0.1, 0.15) is 5.60 Å². The van der Waals surface area contributed by atoms with E-state index in [2.05, 4.69) is 40.8 Å². The maximum absolute atomic E-state index is 13.3. The van der Waals surface area contributed by atoms with Gasteiger partial charge in [0.2, 0.25) is 0 Å². The summed E-state index contributed by atoms with van der Waals surface area (Å²) in [5, 5.41) is 11.1. The van der Waals surface area contributed by atoms with Gasteiger partial charge in [-0.05, 0) is 43.0 Å². The van der Waals surface area contributed by atoms with Crippen LogP contribution in [0.4, 0.5) is 0 Å². The molecule has 1 aliphatic heterocycles. The molecule has 0 bridgehead atoms. The molecule has 0 aromatic heterocycles. The monoisotopic (exact) mass is 370 g/mol. The fraction of sp³-hybridized carbons (Fsp3) is 0.842. The van der Waals surface area contributed by atoms with Gasteiger partial charge in [0, 0.05) is 11.5 Å². The number of hydrogen-bond donors (Lipinski definition) is 1. The van der Waals surface area contributed by atoms with Crippen molar-refractivity contribution >= 4 is 25.9 Å². The Morgan fingerprint density at radius 2 is 2.08 bits per heavy atom. The van der Waals surface area contributed by atoms with Gasteiger partial charge in [0.15, 0.2) is 14.1 Å². The van der Waals surface area contributed by atoms with Gasteiger partial charge in [0.25, 0.3) is 0 Å². The number of aliphatic hydroxyl groups excluding tert-OH is 1. The van der Waals surface area contributed by atoms with E-state index in [-0.39, 0.29) is 10.8 Å². The number of thioether (sulfide) groups is 1. The second-order valence-electron chi connectivity index (χ2n) is 8.90. The summed E-state index contributed by atoms with van der Waals surface area (Å²) in [6.45, 7) is 13.0. The number of unbranched alkanes of at least 4 members (excludes halogenated alkanes) is 1. The Bertz CT molecular complexity index is 509. The summed E-state index contributed by atoms with van der Waals surface area (Å²) in [4.78, 5) is 13.3. The molecule has 0 aromatic rings. The van der Waals surface area contributed by atoms with Crippen molar-refractivity contribution in [3.05, 3.63) is 11.6 Å². The summed E-state index contributed by atoms with van der Waals surface area (Å²) < 4.78 is 6.69. The first-order valence-corrected chi connectivity index (χ1v) is 13.3. The highest BCUT2D eigenvalue weighted by atomic mass is 32.2. The summed E-state index contributed by atoms with van der Waals surface area (Å²) in [6.07, 6.45) is 4.30. The van der Waals surface area contributed by atoms with Crippen molar-refractivity contribution in [2.75, 3.05) is 11.5 Å². The number of hydrogen-bond acceptors (Lipinski definition) is 4. The molecule has 0 radical (unpaired) electrons. The lowest BCUT2D eigenvalue weighted by Gasteiger charge is -2.46. The maximum atomic E-state index is 13.3. The van der Waals surface area contributed by atoms with Crippen LogP contribution in [0.2, 0.25) is 18.1 Å². The topological polar surface area (TPSA) is 46.5 Å². The number of aliphatic hydroxyl groups is 1. The third-order valence-electron chi connectivity index (χ3n) is 6.04. The maximum Gasteiger partial charge on any atom is 0.193 e. The number of carbonyl (C=O) groups excluding carboxylic acids is 1. The third-order valence-corrected chi connectivity index (χ3v) is 11.7. The van der Waals surface area contributed by atoms with E-state index in [9.17, 15) is 9.90 Å². The van der Waals surface area contributed by atoms with Gasteiger partial charge in [-0.3, -0.25) is 4.79 Å².